The van der Waals surface area contributed by atoms with Crippen molar-refractivity contribution in [1.29, 1.82) is 0 Å². The van der Waals surface area contributed by atoms with E-state index in [9.17, 15) is 14.7 Å². The molecule has 1 amide bonds. The van der Waals surface area contributed by atoms with Gasteiger partial charge in [-0.05, 0) is 51.3 Å². The largest absolute Gasteiger partial charge is 0.508 e. The molecule has 6 nitrogen and oxygen atoms in total. The number of amides is 1. The van der Waals surface area contributed by atoms with Gasteiger partial charge < -0.3 is 19.9 Å². The minimum Gasteiger partial charge on any atom is -0.508 e. The molecule has 1 saturated heterocycles. The van der Waals surface area contributed by atoms with E-state index in [1.807, 2.05) is 6.07 Å². The predicted octanol–water partition coefficient (Wildman–Crippen LogP) is 2.78. The molecule has 0 radical (unpaired) electrons. The molecule has 2 rings (SSSR count). The lowest BCUT2D eigenvalue weighted by Crippen LogP contribution is -2.46. The normalized spacial score (nSPS) is 21.9. The first-order chi connectivity index (χ1) is 11.1. The van der Waals surface area contributed by atoms with Crippen LogP contribution in [0.5, 0.6) is 5.75 Å². The zero-order valence-corrected chi connectivity index (χ0v) is 14.5. The van der Waals surface area contributed by atoms with Gasteiger partial charge in [-0.15, -0.1) is 0 Å². The quantitative estimate of drug-likeness (QED) is 0.827. The summed E-state index contributed by atoms with van der Waals surface area (Å²) >= 11 is 0. The van der Waals surface area contributed by atoms with Gasteiger partial charge in [0.05, 0.1) is 12.0 Å². The lowest BCUT2D eigenvalue weighted by molar-refractivity contribution is -0.144. The summed E-state index contributed by atoms with van der Waals surface area (Å²) in [6.45, 7) is 7.17. The van der Waals surface area contributed by atoms with Crippen LogP contribution in [0.15, 0.2) is 24.3 Å². The molecule has 0 spiro atoms. The first kappa shape index (κ1) is 18.1. The molecule has 0 bridgehead atoms. The van der Waals surface area contributed by atoms with E-state index in [0.717, 1.165) is 5.56 Å². The molecule has 24 heavy (non-hydrogen) atoms. The molecule has 1 fully saturated rings. The van der Waals surface area contributed by atoms with Crippen molar-refractivity contribution < 1.29 is 24.2 Å². The highest BCUT2D eigenvalue weighted by Crippen LogP contribution is 2.25. The van der Waals surface area contributed by atoms with E-state index in [1.165, 1.54) is 0 Å². The summed E-state index contributed by atoms with van der Waals surface area (Å²) in [6, 6.07) is 6.37. The van der Waals surface area contributed by atoms with Crippen LogP contribution in [0, 0.1) is 5.92 Å². The molecule has 0 aromatic heterocycles. The number of alkyl carbamates (subject to hydrolysis) is 1. The highest BCUT2D eigenvalue weighted by molar-refractivity contribution is 5.74. The van der Waals surface area contributed by atoms with Crippen LogP contribution < -0.4 is 5.32 Å². The molecule has 1 aliphatic rings. The Hall–Kier alpha value is -2.24. The van der Waals surface area contributed by atoms with Gasteiger partial charge in [0.2, 0.25) is 0 Å². The summed E-state index contributed by atoms with van der Waals surface area (Å²) in [5.74, 6) is -0.297. The van der Waals surface area contributed by atoms with Gasteiger partial charge >= 0.3 is 12.1 Å². The van der Waals surface area contributed by atoms with Gasteiger partial charge in [-0.1, -0.05) is 19.1 Å². The second-order valence-electron chi connectivity index (χ2n) is 7.24. The molecule has 1 aromatic carbocycles. The molecule has 0 saturated carbocycles. The first-order valence-corrected chi connectivity index (χ1v) is 8.12. The van der Waals surface area contributed by atoms with E-state index >= 15 is 0 Å². The number of carbonyl (C=O) groups is 2. The summed E-state index contributed by atoms with van der Waals surface area (Å²) in [5, 5.41) is 12.4. The summed E-state index contributed by atoms with van der Waals surface area (Å²) in [4.78, 5) is 23.8. The van der Waals surface area contributed by atoms with Crippen molar-refractivity contribution in [2.24, 2.45) is 5.92 Å². The maximum Gasteiger partial charge on any atom is 0.408 e. The lowest BCUT2D eigenvalue weighted by Gasteiger charge is -2.26. The third kappa shape index (κ3) is 5.15. The summed E-state index contributed by atoms with van der Waals surface area (Å²) < 4.78 is 10.7. The van der Waals surface area contributed by atoms with Crippen molar-refractivity contribution in [2.45, 2.75) is 58.3 Å². The maximum atomic E-state index is 12.1. The molecule has 3 unspecified atom stereocenters. The maximum absolute atomic E-state index is 12.1. The third-order valence-electron chi connectivity index (χ3n) is 3.77. The van der Waals surface area contributed by atoms with Crippen molar-refractivity contribution in [1.82, 2.24) is 5.32 Å². The van der Waals surface area contributed by atoms with Crippen molar-refractivity contribution in [3.05, 3.63) is 29.8 Å². The number of hydrogen-bond acceptors (Lipinski definition) is 5. The number of hydrogen-bond donors (Lipinski definition) is 2. The Balaban J connectivity index is 2.12. The molecule has 132 valence electrons. The molecule has 0 aliphatic carbocycles. The van der Waals surface area contributed by atoms with E-state index < -0.39 is 23.8 Å². The Morgan fingerprint density at radius 2 is 2.17 bits per heavy atom. The van der Waals surface area contributed by atoms with E-state index in [4.69, 9.17) is 9.47 Å². The topological polar surface area (TPSA) is 84.9 Å². The lowest BCUT2D eigenvalue weighted by atomic mass is 9.96. The summed E-state index contributed by atoms with van der Waals surface area (Å²) in [7, 11) is 0. The van der Waals surface area contributed by atoms with E-state index in [1.54, 1.807) is 45.9 Å². The minimum atomic E-state index is -0.612. The molecule has 1 aliphatic heterocycles. The van der Waals surface area contributed by atoms with Crippen LogP contribution in [0.3, 0.4) is 0 Å². The Labute approximate surface area is 142 Å². The second-order valence-corrected chi connectivity index (χ2v) is 7.24. The molecule has 1 aromatic rings. The van der Waals surface area contributed by atoms with Gasteiger partial charge in [-0.3, -0.25) is 4.79 Å². The molecule has 6 heteroatoms. The monoisotopic (exact) mass is 335 g/mol. The number of cyclic esters (lactones) is 1. The zero-order valence-electron chi connectivity index (χ0n) is 14.5. The Morgan fingerprint density at radius 3 is 2.71 bits per heavy atom. The molecule has 1 heterocycles. The van der Waals surface area contributed by atoms with Crippen molar-refractivity contribution in [3.8, 4) is 5.75 Å². The highest BCUT2D eigenvalue weighted by Gasteiger charge is 2.37. The van der Waals surface area contributed by atoms with Crippen molar-refractivity contribution >= 4 is 12.1 Å². The number of aromatic hydroxyl groups is 1. The third-order valence-corrected chi connectivity index (χ3v) is 3.77. The van der Waals surface area contributed by atoms with Crippen molar-refractivity contribution in [3.63, 3.8) is 0 Å². The standard InChI is InChI=1S/C18H25NO5/c1-11-8-15(23-16(11)21)14(19-17(22)24-18(2,3)4)10-12-6-5-7-13(20)9-12/h5-7,9,11,14-15,20H,8,10H2,1-4H3,(H,19,22). The van der Waals surface area contributed by atoms with E-state index in [0.29, 0.717) is 12.8 Å². The number of benzene rings is 1. The highest BCUT2D eigenvalue weighted by atomic mass is 16.6. The molecule has 3 atom stereocenters. The summed E-state index contributed by atoms with van der Waals surface area (Å²) in [5.41, 5.74) is 0.228. The van der Waals surface area contributed by atoms with Crippen LogP contribution in [0.1, 0.15) is 39.7 Å². The fraction of sp³-hybridized carbons (Fsp3) is 0.556. The Bertz CT molecular complexity index is 608. The minimum absolute atomic E-state index is 0.153. The smallest absolute Gasteiger partial charge is 0.408 e. The average molecular weight is 335 g/mol. The van der Waals surface area contributed by atoms with Gasteiger partial charge in [0.25, 0.3) is 0 Å². The number of carbonyl (C=O) groups excluding carboxylic acids is 2. The van der Waals surface area contributed by atoms with Gasteiger partial charge in [0.1, 0.15) is 17.5 Å². The van der Waals surface area contributed by atoms with Crippen LogP contribution >= 0.6 is 0 Å². The van der Waals surface area contributed by atoms with Crippen LogP contribution in [0.25, 0.3) is 0 Å². The Kier molecular flexibility index (Phi) is 5.36. The number of ether oxygens (including phenoxy) is 2. The van der Waals surface area contributed by atoms with E-state index in [-0.39, 0.29) is 17.6 Å². The van der Waals surface area contributed by atoms with E-state index in [2.05, 4.69) is 5.32 Å². The van der Waals surface area contributed by atoms with Gasteiger partial charge in [-0.25, -0.2) is 4.79 Å². The number of phenolic OH excluding ortho intramolecular Hbond substituents is 1. The number of phenols is 1. The second kappa shape index (κ2) is 7.11. The Morgan fingerprint density at radius 1 is 1.46 bits per heavy atom. The SMILES string of the molecule is CC1CC(C(Cc2cccc(O)c2)NC(=O)OC(C)(C)C)OC1=O. The van der Waals surface area contributed by atoms with Crippen LogP contribution in [0.2, 0.25) is 0 Å². The zero-order chi connectivity index (χ0) is 17.9. The van der Waals surface area contributed by atoms with Gasteiger partial charge in [-0.2, -0.15) is 0 Å². The summed E-state index contributed by atoms with van der Waals surface area (Å²) in [6.07, 6.45) is 0.00166. The number of nitrogens with one attached hydrogen (secondary N) is 1. The van der Waals surface area contributed by atoms with Gasteiger partial charge in [0.15, 0.2) is 0 Å². The average Bonchev–Trinajstić information content (AvgIpc) is 2.76. The fourth-order valence-electron chi connectivity index (χ4n) is 2.68. The van der Waals surface area contributed by atoms with Gasteiger partial charge in [0, 0.05) is 0 Å². The van der Waals surface area contributed by atoms with Crippen molar-refractivity contribution in [2.75, 3.05) is 0 Å². The molecule has 2 N–H and O–H groups in total. The predicted molar refractivity (Wildman–Crippen MR) is 88.6 cm³/mol. The molecular weight excluding hydrogens is 310 g/mol. The molecular formula is C18H25NO5. The first-order valence-electron chi connectivity index (χ1n) is 8.12. The van der Waals surface area contributed by atoms with Crippen LogP contribution in [-0.2, 0) is 20.7 Å². The fourth-order valence-corrected chi connectivity index (χ4v) is 2.68. The van der Waals surface area contributed by atoms with Crippen LogP contribution in [0.4, 0.5) is 4.79 Å². The number of esters is 1. The van der Waals surface area contributed by atoms with Crippen LogP contribution in [-0.4, -0.2) is 34.9 Å². The number of rotatable bonds is 4.